The van der Waals surface area contributed by atoms with Gasteiger partial charge in [-0.2, -0.15) is 0 Å². The molecule has 0 spiro atoms. The van der Waals surface area contributed by atoms with E-state index in [1.165, 1.54) is 0 Å². The third-order valence-corrected chi connectivity index (χ3v) is 7.70. The Labute approximate surface area is 172 Å². The minimum Gasteiger partial charge on any atom is -0.342 e. The van der Waals surface area contributed by atoms with Crippen LogP contribution in [-0.4, -0.2) is 75.3 Å². The van der Waals surface area contributed by atoms with Crippen LogP contribution in [-0.2, 0) is 20.6 Å². The van der Waals surface area contributed by atoms with E-state index >= 15 is 0 Å². The van der Waals surface area contributed by atoms with Gasteiger partial charge in [0.25, 0.3) is 0 Å². The molecule has 5 atom stereocenters. The van der Waals surface area contributed by atoms with Gasteiger partial charge in [0, 0.05) is 30.9 Å². The molecular weight excluding hydrogens is 376 g/mol. The van der Waals surface area contributed by atoms with Crippen LogP contribution in [0, 0.1) is 11.3 Å². The summed E-state index contributed by atoms with van der Waals surface area (Å²) in [7, 11) is 0.739. The molecule has 0 aromatic heterocycles. The Bertz CT molecular complexity index is 605. The highest BCUT2D eigenvalue weighted by Gasteiger charge is 2.49. The van der Waals surface area contributed by atoms with E-state index in [4.69, 9.17) is 0 Å². The summed E-state index contributed by atoms with van der Waals surface area (Å²) in [5, 5.41) is 5.88. The first-order chi connectivity index (χ1) is 13.0. The van der Waals surface area contributed by atoms with Crippen molar-refractivity contribution in [1.29, 1.82) is 0 Å². The van der Waals surface area contributed by atoms with Crippen molar-refractivity contribution in [3.63, 3.8) is 0 Å². The smallest absolute Gasteiger partial charge is 0.245 e. The van der Waals surface area contributed by atoms with Crippen molar-refractivity contribution >= 4 is 22.8 Å². The molecule has 2 aliphatic rings. The molecule has 0 radical (unpaired) electrons. The van der Waals surface area contributed by atoms with E-state index in [0.29, 0.717) is 18.2 Å². The second-order valence-corrected chi connectivity index (χ2v) is 11.0. The van der Waals surface area contributed by atoms with Crippen LogP contribution < -0.4 is 10.6 Å². The summed E-state index contributed by atoms with van der Waals surface area (Å²) in [6.07, 6.45) is 1.69. The third kappa shape index (κ3) is 5.13. The van der Waals surface area contributed by atoms with Gasteiger partial charge in [-0.15, -0.1) is 0 Å². The molecule has 7 nitrogen and oxygen atoms in total. The molecule has 2 aliphatic heterocycles. The maximum absolute atomic E-state index is 13.4. The largest absolute Gasteiger partial charge is 0.342 e. The average Bonchev–Trinajstić information content (AvgIpc) is 3.18. The standard InChI is InChI=1S/C20H38N4O3S/c1-13(2)12-28(27)24-11-9-15-16(24)8-10-23(15)19(26)17(20(4,5)6)22-18(25)14(3)21-7/h13-17,21H,8-12H2,1-7H3,(H,22,25)/t14-,15?,16?,17?,28?/m0/s1. The fraction of sp³-hybridized carbons (Fsp3) is 0.900. The van der Waals surface area contributed by atoms with Crippen molar-refractivity contribution in [1.82, 2.24) is 19.8 Å². The molecule has 2 amide bonds. The predicted octanol–water partition coefficient (Wildman–Crippen LogP) is 1.12. The number of nitrogens with zero attached hydrogens (tertiary/aromatic N) is 2. The van der Waals surface area contributed by atoms with Crippen LogP contribution in [0.3, 0.4) is 0 Å². The highest BCUT2D eigenvalue weighted by molar-refractivity contribution is 7.82. The zero-order valence-corrected chi connectivity index (χ0v) is 19.3. The SMILES string of the molecule is CN[C@@H](C)C(=O)NC(C(=O)N1CCC2C1CCN2S(=O)CC(C)C)C(C)(C)C. The number of amides is 2. The summed E-state index contributed by atoms with van der Waals surface area (Å²) in [6.45, 7) is 13.3. The number of likely N-dealkylation sites (N-methyl/N-ethyl adjacent to an activating group) is 1. The normalized spacial score (nSPS) is 26.2. The van der Waals surface area contributed by atoms with Gasteiger partial charge in [0.1, 0.15) is 6.04 Å². The average molecular weight is 415 g/mol. The van der Waals surface area contributed by atoms with E-state index in [-0.39, 0.29) is 29.9 Å². The number of hydrogen-bond acceptors (Lipinski definition) is 4. The van der Waals surface area contributed by atoms with Crippen LogP contribution in [0.5, 0.6) is 0 Å². The summed E-state index contributed by atoms with van der Waals surface area (Å²) >= 11 is 0. The molecule has 0 saturated carbocycles. The van der Waals surface area contributed by atoms with Crippen LogP contribution in [0.15, 0.2) is 0 Å². The molecule has 2 N–H and O–H groups in total. The predicted molar refractivity (Wildman–Crippen MR) is 113 cm³/mol. The van der Waals surface area contributed by atoms with Crippen molar-refractivity contribution in [2.24, 2.45) is 11.3 Å². The molecule has 2 heterocycles. The van der Waals surface area contributed by atoms with Gasteiger partial charge >= 0.3 is 0 Å². The second-order valence-electron chi connectivity index (χ2n) is 9.58. The van der Waals surface area contributed by atoms with Crippen LogP contribution in [0.4, 0.5) is 0 Å². The molecule has 0 bridgehead atoms. The lowest BCUT2D eigenvalue weighted by Crippen LogP contribution is -2.58. The first-order valence-corrected chi connectivity index (χ1v) is 11.7. The highest BCUT2D eigenvalue weighted by atomic mass is 32.2. The summed E-state index contributed by atoms with van der Waals surface area (Å²) in [5.74, 6) is 0.860. The van der Waals surface area contributed by atoms with Crippen molar-refractivity contribution in [2.45, 2.75) is 78.6 Å². The number of carbonyl (C=O) groups is 2. The monoisotopic (exact) mass is 414 g/mol. The first-order valence-electron chi connectivity index (χ1n) is 10.4. The van der Waals surface area contributed by atoms with Gasteiger partial charge in [-0.25, -0.2) is 8.51 Å². The summed E-state index contributed by atoms with van der Waals surface area (Å²) in [6, 6.07) is -0.683. The Balaban J connectivity index is 2.12. The Hall–Kier alpha value is -0.990. The maximum atomic E-state index is 13.4. The van der Waals surface area contributed by atoms with Gasteiger partial charge < -0.3 is 15.5 Å². The van der Waals surface area contributed by atoms with Gasteiger partial charge in [0.15, 0.2) is 0 Å². The molecule has 2 rings (SSSR count). The van der Waals surface area contributed by atoms with Gasteiger partial charge in [-0.3, -0.25) is 9.59 Å². The van der Waals surface area contributed by atoms with Crippen LogP contribution in [0.1, 0.15) is 54.4 Å². The van der Waals surface area contributed by atoms with E-state index in [1.54, 1.807) is 14.0 Å². The Morgan fingerprint density at radius 2 is 1.71 bits per heavy atom. The summed E-state index contributed by atoms with van der Waals surface area (Å²) in [4.78, 5) is 27.8. The summed E-state index contributed by atoms with van der Waals surface area (Å²) in [5.41, 5.74) is -0.392. The molecule has 0 aromatic carbocycles. The van der Waals surface area contributed by atoms with Gasteiger partial charge in [-0.1, -0.05) is 34.6 Å². The fourth-order valence-electron chi connectivity index (χ4n) is 4.07. The molecule has 2 fully saturated rings. The van der Waals surface area contributed by atoms with Crippen LogP contribution in [0.2, 0.25) is 0 Å². The zero-order valence-electron chi connectivity index (χ0n) is 18.4. The van der Waals surface area contributed by atoms with Gasteiger partial charge in [-0.05, 0) is 38.1 Å². The maximum Gasteiger partial charge on any atom is 0.245 e. The number of carbonyl (C=O) groups excluding carboxylic acids is 2. The van der Waals surface area contributed by atoms with Gasteiger partial charge in [0.2, 0.25) is 11.8 Å². The third-order valence-electron chi connectivity index (χ3n) is 5.77. The zero-order chi connectivity index (χ0) is 21.2. The van der Waals surface area contributed by atoms with E-state index in [2.05, 4.69) is 28.8 Å². The minimum atomic E-state index is -0.991. The molecule has 162 valence electrons. The highest BCUT2D eigenvalue weighted by Crippen LogP contribution is 2.34. The lowest BCUT2D eigenvalue weighted by Gasteiger charge is -2.36. The fourth-order valence-corrected chi connectivity index (χ4v) is 5.69. The van der Waals surface area contributed by atoms with Crippen LogP contribution >= 0.6 is 0 Å². The molecule has 28 heavy (non-hydrogen) atoms. The lowest BCUT2D eigenvalue weighted by molar-refractivity contribution is -0.140. The molecule has 0 aromatic rings. The number of hydrogen-bond donors (Lipinski definition) is 2. The Morgan fingerprint density at radius 1 is 1.11 bits per heavy atom. The van der Waals surface area contributed by atoms with E-state index < -0.39 is 22.4 Å². The summed E-state index contributed by atoms with van der Waals surface area (Å²) < 4.78 is 14.8. The second kappa shape index (κ2) is 9.22. The number of likely N-dealkylation sites (tertiary alicyclic amines) is 1. The van der Waals surface area contributed by atoms with E-state index in [1.807, 2.05) is 25.7 Å². The van der Waals surface area contributed by atoms with E-state index in [0.717, 1.165) is 19.4 Å². The van der Waals surface area contributed by atoms with Gasteiger partial charge in [0.05, 0.1) is 17.0 Å². The topological polar surface area (TPSA) is 81.8 Å². The Kier molecular flexibility index (Phi) is 7.67. The minimum absolute atomic E-state index is 0.0202. The van der Waals surface area contributed by atoms with E-state index in [9.17, 15) is 13.8 Å². The van der Waals surface area contributed by atoms with Crippen molar-refractivity contribution < 1.29 is 13.8 Å². The van der Waals surface area contributed by atoms with Crippen molar-refractivity contribution in [3.8, 4) is 0 Å². The quantitative estimate of drug-likeness (QED) is 0.654. The molecule has 8 heteroatoms. The van der Waals surface area contributed by atoms with Crippen molar-refractivity contribution in [2.75, 3.05) is 25.9 Å². The lowest BCUT2D eigenvalue weighted by atomic mass is 9.85. The molecule has 4 unspecified atom stereocenters. The first kappa shape index (κ1) is 23.3. The molecule has 2 saturated heterocycles. The van der Waals surface area contributed by atoms with Crippen molar-refractivity contribution in [3.05, 3.63) is 0 Å². The number of rotatable bonds is 7. The number of fused-ring (bicyclic) bond motifs is 1. The van der Waals surface area contributed by atoms with Crippen LogP contribution in [0.25, 0.3) is 0 Å². The number of nitrogens with one attached hydrogen (secondary N) is 2. The molecular formula is C20H38N4O3S. The Morgan fingerprint density at radius 3 is 2.25 bits per heavy atom. The molecule has 0 aliphatic carbocycles.